The highest BCUT2D eigenvalue weighted by atomic mass is 16.5. The van der Waals surface area contributed by atoms with Gasteiger partial charge in [-0.05, 0) is 31.9 Å². The lowest BCUT2D eigenvalue weighted by Crippen LogP contribution is -2.18. The zero-order chi connectivity index (χ0) is 10.6. The molecule has 0 atom stereocenters. The summed E-state index contributed by atoms with van der Waals surface area (Å²) in [6, 6.07) is 8.21. The lowest BCUT2D eigenvalue weighted by atomic mass is 10.1. The molecule has 78 valence electrons. The van der Waals surface area contributed by atoms with Crippen LogP contribution in [0.1, 0.15) is 31.9 Å². The summed E-state index contributed by atoms with van der Waals surface area (Å²) in [6.45, 7) is 7.43. The van der Waals surface area contributed by atoms with Crippen molar-refractivity contribution >= 4 is 0 Å². The number of ether oxygens (including phenoxy) is 1. The summed E-state index contributed by atoms with van der Waals surface area (Å²) in [5, 5.41) is 0. The molecule has 2 heteroatoms. The van der Waals surface area contributed by atoms with Crippen molar-refractivity contribution in [1.29, 1.82) is 0 Å². The van der Waals surface area contributed by atoms with E-state index in [0.717, 1.165) is 5.56 Å². The molecule has 1 rings (SSSR count). The highest BCUT2D eigenvalue weighted by molar-refractivity contribution is 5.21. The number of benzene rings is 1. The van der Waals surface area contributed by atoms with Gasteiger partial charge in [0.05, 0.1) is 12.2 Å². The van der Waals surface area contributed by atoms with Crippen molar-refractivity contribution in [3.63, 3.8) is 0 Å². The van der Waals surface area contributed by atoms with Gasteiger partial charge >= 0.3 is 0 Å². The third-order valence-electron chi connectivity index (χ3n) is 1.93. The Bertz CT molecular complexity index is 271. The SMILES string of the molecule is CC(C)(C)OCc1ccc(CN)cc1. The molecule has 1 aromatic rings. The molecule has 0 bridgehead atoms. The van der Waals surface area contributed by atoms with E-state index in [1.165, 1.54) is 5.56 Å². The molecule has 0 spiro atoms. The zero-order valence-electron chi connectivity index (χ0n) is 9.21. The van der Waals surface area contributed by atoms with Gasteiger partial charge in [0.1, 0.15) is 0 Å². The predicted molar refractivity (Wildman–Crippen MR) is 58.9 cm³/mol. The third kappa shape index (κ3) is 3.90. The van der Waals surface area contributed by atoms with Crippen LogP contribution in [0, 0.1) is 0 Å². The summed E-state index contributed by atoms with van der Waals surface area (Å²) >= 11 is 0. The fourth-order valence-electron chi connectivity index (χ4n) is 1.07. The van der Waals surface area contributed by atoms with Gasteiger partial charge in [0, 0.05) is 6.54 Å². The van der Waals surface area contributed by atoms with Gasteiger partial charge in [0.2, 0.25) is 0 Å². The van der Waals surface area contributed by atoms with E-state index < -0.39 is 0 Å². The smallest absolute Gasteiger partial charge is 0.0724 e. The van der Waals surface area contributed by atoms with Crippen LogP contribution in [-0.4, -0.2) is 5.60 Å². The molecule has 0 amide bonds. The molecule has 0 heterocycles. The molecule has 0 radical (unpaired) electrons. The van der Waals surface area contributed by atoms with Crippen molar-refractivity contribution in [3.8, 4) is 0 Å². The minimum atomic E-state index is -0.0768. The lowest BCUT2D eigenvalue weighted by Gasteiger charge is -2.19. The van der Waals surface area contributed by atoms with E-state index in [-0.39, 0.29) is 5.60 Å². The molecule has 1 aromatic carbocycles. The first-order valence-electron chi connectivity index (χ1n) is 4.93. The van der Waals surface area contributed by atoms with Crippen molar-refractivity contribution in [2.75, 3.05) is 0 Å². The number of hydrogen-bond donors (Lipinski definition) is 1. The first-order chi connectivity index (χ1) is 6.51. The van der Waals surface area contributed by atoms with Crippen molar-refractivity contribution < 1.29 is 4.74 Å². The molecule has 0 fully saturated rings. The standard InChI is InChI=1S/C12H19NO/c1-12(2,3)14-9-11-6-4-10(8-13)5-7-11/h4-7H,8-9,13H2,1-3H3. The van der Waals surface area contributed by atoms with E-state index in [0.29, 0.717) is 13.2 Å². The molecule has 0 unspecified atom stereocenters. The summed E-state index contributed by atoms with van der Waals surface area (Å²) < 4.78 is 5.66. The second kappa shape index (κ2) is 4.58. The Kier molecular flexibility index (Phi) is 3.67. The van der Waals surface area contributed by atoms with Gasteiger partial charge in [-0.2, -0.15) is 0 Å². The van der Waals surface area contributed by atoms with Crippen LogP contribution < -0.4 is 5.73 Å². The molecule has 0 aliphatic carbocycles. The van der Waals surface area contributed by atoms with E-state index in [1.54, 1.807) is 0 Å². The van der Waals surface area contributed by atoms with Crippen LogP contribution in [0.2, 0.25) is 0 Å². The Hall–Kier alpha value is -0.860. The van der Waals surface area contributed by atoms with Crippen molar-refractivity contribution in [2.24, 2.45) is 5.73 Å². The first-order valence-corrected chi connectivity index (χ1v) is 4.93. The highest BCUT2D eigenvalue weighted by Gasteiger charge is 2.09. The van der Waals surface area contributed by atoms with E-state index in [1.807, 2.05) is 12.1 Å². The van der Waals surface area contributed by atoms with Crippen molar-refractivity contribution in [1.82, 2.24) is 0 Å². The van der Waals surface area contributed by atoms with E-state index in [4.69, 9.17) is 10.5 Å². The fraction of sp³-hybridized carbons (Fsp3) is 0.500. The van der Waals surface area contributed by atoms with Gasteiger partial charge in [-0.25, -0.2) is 0 Å². The van der Waals surface area contributed by atoms with Gasteiger partial charge < -0.3 is 10.5 Å². The number of rotatable bonds is 3. The van der Waals surface area contributed by atoms with Crippen LogP contribution in [-0.2, 0) is 17.9 Å². The molecular weight excluding hydrogens is 174 g/mol. The fourth-order valence-corrected chi connectivity index (χ4v) is 1.07. The minimum absolute atomic E-state index is 0.0768. The van der Waals surface area contributed by atoms with Gasteiger partial charge in [-0.15, -0.1) is 0 Å². The average molecular weight is 193 g/mol. The Morgan fingerprint density at radius 3 is 2.00 bits per heavy atom. The molecule has 0 aliphatic heterocycles. The molecule has 0 aromatic heterocycles. The molecule has 0 saturated carbocycles. The molecule has 0 saturated heterocycles. The van der Waals surface area contributed by atoms with Gasteiger partial charge in [0.15, 0.2) is 0 Å². The van der Waals surface area contributed by atoms with Crippen molar-refractivity contribution in [3.05, 3.63) is 35.4 Å². The van der Waals surface area contributed by atoms with E-state index in [9.17, 15) is 0 Å². The van der Waals surface area contributed by atoms with Crippen LogP contribution in [0.5, 0.6) is 0 Å². The van der Waals surface area contributed by atoms with Gasteiger partial charge in [0.25, 0.3) is 0 Å². The summed E-state index contributed by atoms with van der Waals surface area (Å²) in [5.41, 5.74) is 7.78. The van der Waals surface area contributed by atoms with Gasteiger partial charge in [-0.1, -0.05) is 24.3 Å². The maximum absolute atomic E-state index is 5.66. The van der Waals surface area contributed by atoms with Crippen LogP contribution in [0.4, 0.5) is 0 Å². The van der Waals surface area contributed by atoms with Crippen LogP contribution in [0.25, 0.3) is 0 Å². The zero-order valence-corrected chi connectivity index (χ0v) is 9.21. The molecule has 2 nitrogen and oxygen atoms in total. The van der Waals surface area contributed by atoms with Gasteiger partial charge in [-0.3, -0.25) is 0 Å². The van der Waals surface area contributed by atoms with E-state index in [2.05, 4.69) is 32.9 Å². The van der Waals surface area contributed by atoms with Crippen LogP contribution in [0.15, 0.2) is 24.3 Å². The van der Waals surface area contributed by atoms with E-state index >= 15 is 0 Å². The Morgan fingerprint density at radius 2 is 1.57 bits per heavy atom. The summed E-state index contributed by atoms with van der Waals surface area (Å²) in [4.78, 5) is 0. The third-order valence-corrected chi connectivity index (χ3v) is 1.93. The monoisotopic (exact) mass is 193 g/mol. The topological polar surface area (TPSA) is 35.2 Å². The summed E-state index contributed by atoms with van der Waals surface area (Å²) in [6.07, 6.45) is 0. The first kappa shape index (κ1) is 11.2. The number of nitrogens with two attached hydrogens (primary N) is 1. The van der Waals surface area contributed by atoms with Crippen molar-refractivity contribution in [2.45, 2.75) is 39.5 Å². The van der Waals surface area contributed by atoms with Crippen LogP contribution >= 0.6 is 0 Å². The normalized spacial score (nSPS) is 11.7. The second-order valence-corrected chi connectivity index (χ2v) is 4.42. The Balaban J connectivity index is 2.52. The minimum Gasteiger partial charge on any atom is -0.371 e. The molecule has 14 heavy (non-hydrogen) atoms. The largest absolute Gasteiger partial charge is 0.371 e. The molecule has 0 aliphatic rings. The number of hydrogen-bond acceptors (Lipinski definition) is 2. The van der Waals surface area contributed by atoms with Crippen LogP contribution in [0.3, 0.4) is 0 Å². The lowest BCUT2D eigenvalue weighted by molar-refractivity contribution is -0.0149. The average Bonchev–Trinajstić information content (AvgIpc) is 2.14. The molecular formula is C12H19NO. The predicted octanol–water partition coefficient (Wildman–Crippen LogP) is 2.46. The summed E-state index contributed by atoms with van der Waals surface area (Å²) in [5.74, 6) is 0. The summed E-state index contributed by atoms with van der Waals surface area (Å²) in [7, 11) is 0. The highest BCUT2D eigenvalue weighted by Crippen LogP contribution is 2.12. The molecule has 2 N–H and O–H groups in total. The second-order valence-electron chi connectivity index (χ2n) is 4.42. The Labute approximate surface area is 86.1 Å². The maximum atomic E-state index is 5.66. The maximum Gasteiger partial charge on any atom is 0.0724 e. The quantitative estimate of drug-likeness (QED) is 0.800. The Morgan fingerprint density at radius 1 is 1.07 bits per heavy atom.